The van der Waals surface area contributed by atoms with Crippen LogP contribution in [0.1, 0.15) is 27.7 Å². The first-order valence-corrected chi connectivity index (χ1v) is 5.15. The molecule has 1 aliphatic heterocycles. The highest BCUT2D eigenvalue weighted by Crippen LogP contribution is 2.36. The maximum Gasteiger partial charge on any atom is 0.486 e. The van der Waals surface area contributed by atoms with E-state index in [-0.39, 0.29) is 18.3 Å². The van der Waals surface area contributed by atoms with Gasteiger partial charge < -0.3 is 9.31 Å². The monoisotopic (exact) mass is 200 g/mol. The SMILES string of the molecule is CC1(C)OB(/C=C/CS)OC1(C)C. The molecule has 0 spiro atoms. The highest BCUT2D eigenvalue weighted by atomic mass is 32.1. The van der Waals surface area contributed by atoms with Crippen LogP contribution in [0.3, 0.4) is 0 Å². The third kappa shape index (κ3) is 2.30. The van der Waals surface area contributed by atoms with E-state index in [2.05, 4.69) is 12.6 Å². The van der Waals surface area contributed by atoms with Crippen molar-refractivity contribution in [3.05, 3.63) is 12.1 Å². The maximum atomic E-state index is 5.72. The van der Waals surface area contributed by atoms with Gasteiger partial charge in [0.05, 0.1) is 11.2 Å². The summed E-state index contributed by atoms with van der Waals surface area (Å²) in [5.41, 5.74) is -0.475. The van der Waals surface area contributed by atoms with E-state index < -0.39 is 0 Å². The summed E-state index contributed by atoms with van der Waals surface area (Å²) in [6, 6.07) is 0. The largest absolute Gasteiger partial charge is 0.486 e. The van der Waals surface area contributed by atoms with E-state index in [9.17, 15) is 0 Å². The van der Waals surface area contributed by atoms with Crippen LogP contribution < -0.4 is 0 Å². The summed E-state index contributed by atoms with van der Waals surface area (Å²) in [5, 5.41) is 0. The van der Waals surface area contributed by atoms with E-state index in [0.29, 0.717) is 5.75 Å². The summed E-state index contributed by atoms with van der Waals surface area (Å²) >= 11 is 4.08. The lowest BCUT2D eigenvalue weighted by Gasteiger charge is -2.32. The van der Waals surface area contributed by atoms with Gasteiger partial charge in [-0.1, -0.05) is 12.1 Å². The van der Waals surface area contributed by atoms with Gasteiger partial charge in [-0.05, 0) is 27.7 Å². The molecule has 0 aromatic carbocycles. The standard InChI is InChI=1S/C9H17BO2S/c1-8(2)9(3,4)12-10(11-8)6-5-7-13/h5-6,13H,7H2,1-4H3/b6-5+. The lowest BCUT2D eigenvalue weighted by Crippen LogP contribution is -2.41. The first-order valence-electron chi connectivity index (χ1n) is 4.52. The molecule has 1 saturated heterocycles. The first kappa shape index (κ1) is 11.2. The number of hydrogen-bond acceptors (Lipinski definition) is 3. The topological polar surface area (TPSA) is 18.5 Å². The van der Waals surface area contributed by atoms with Crippen molar-refractivity contribution in [2.45, 2.75) is 38.9 Å². The van der Waals surface area contributed by atoms with Gasteiger partial charge in [0.2, 0.25) is 0 Å². The van der Waals surface area contributed by atoms with Crippen molar-refractivity contribution in [2.75, 3.05) is 5.75 Å². The second-order valence-corrected chi connectivity index (χ2v) is 4.60. The second-order valence-electron chi connectivity index (χ2n) is 4.24. The van der Waals surface area contributed by atoms with Gasteiger partial charge in [-0.2, -0.15) is 12.6 Å². The van der Waals surface area contributed by atoms with Crippen molar-refractivity contribution in [2.24, 2.45) is 0 Å². The Morgan fingerprint density at radius 1 is 1.15 bits per heavy atom. The molecule has 1 aliphatic rings. The van der Waals surface area contributed by atoms with Crippen LogP contribution in [0.15, 0.2) is 12.1 Å². The molecule has 0 aromatic heterocycles. The van der Waals surface area contributed by atoms with Crippen molar-refractivity contribution >= 4 is 19.7 Å². The Labute approximate surface area is 86.2 Å². The zero-order chi connectivity index (χ0) is 10.1. The quantitative estimate of drug-likeness (QED) is 0.543. The fourth-order valence-electron chi connectivity index (χ4n) is 1.14. The molecule has 74 valence electrons. The molecule has 0 aliphatic carbocycles. The van der Waals surface area contributed by atoms with E-state index in [1.54, 1.807) is 0 Å². The fourth-order valence-corrected chi connectivity index (χ4v) is 1.26. The summed E-state index contributed by atoms with van der Waals surface area (Å²) < 4.78 is 11.4. The van der Waals surface area contributed by atoms with Crippen molar-refractivity contribution < 1.29 is 9.31 Å². The van der Waals surface area contributed by atoms with Crippen molar-refractivity contribution in [3.63, 3.8) is 0 Å². The molecular weight excluding hydrogens is 183 g/mol. The zero-order valence-corrected chi connectivity index (χ0v) is 9.60. The predicted molar refractivity (Wildman–Crippen MR) is 59.1 cm³/mol. The average molecular weight is 200 g/mol. The molecule has 0 unspecified atom stereocenters. The van der Waals surface area contributed by atoms with Crippen LogP contribution >= 0.6 is 12.6 Å². The Morgan fingerprint density at radius 3 is 2.00 bits per heavy atom. The molecule has 4 heteroatoms. The molecule has 1 heterocycles. The zero-order valence-electron chi connectivity index (χ0n) is 8.70. The number of rotatable bonds is 2. The Hall–Kier alpha value is 0.0749. The van der Waals surface area contributed by atoms with Crippen LogP contribution in [0, 0.1) is 0 Å². The molecule has 0 N–H and O–H groups in total. The molecule has 1 fully saturated rings. The minimum atomic E-state index is -0.237. The van der Waals surface area contributed by atoms with Crippen molar-refractivity contribution in [3.8, 4) is 0 Å². The highest BCUT2D eigenvalue weighted by Gasteiger charge is 2.49. The molecule has 0 bridgehead atoms. The van der Waals surface area contributed by atoms with Gasteiger partial charge >= 0.3 is 7.12 Å². The summed E-state index contributed by atoms with van der Waals surface area (Å²) in [6.45, 7) is 8.17. The maximum absolute atomic E-state index is 5.72. The first-order chi connectivity index (χ1) is 5.89. The van der Waals surface area contributed by atoms with Gasteiger partial charge in [0.25, 0.3) is 0 Å². The van der Waals surface area contributed by atoms with Gasteiger partial charge in [-0.25, -0.2) is 0 Å². The molecule has 2 nitrogen and oxygen atoms in total. The Kier molecular flexibility index (Phi) is 3.15. The van der Waals surface area contributed by atoms with Crippen molar-refractivity contribution in [1.29, 1.82) is 0 Å². The van der Waals surface area contributed by atoms with Crippen LogP contribution in [-0.2, 0) is 9.31 Å². The molecule has 0 amide bonds. The Morgan fingerprint density at radius 2 is 1.62 bits per heavy atom. The van der Waals surface area contributed by atoms with Crippen LogP contribution in [0.25, 0.3) is 0 Å². The minimum absolute atomic E-state index is 0.225. The van der Waals surface area contributed by atoms with E-state index in [1.807, 2.05) is 39.7 Å². The van der Waals surface area contributed by atoms with Gasteiger partial charge in [0, 0.05) is 5.75 Å². The molecular formula is C9H17BO2S. The molecule has 0 saturated carbocycles. The lowest BCUT2D eigenvalue weighted by molar-refractivity contribution is 0.00578. The third-order valence-electron chi connectivity index (χ3n) is 2.67. The predicted octanol–water partition coefficient (Wildman–Crippen LogP) is 2.10. The number of hydrogen-bond donors (Lipinski definition) is 1. The van der Waals surface area contributed by atoms with Crippen LogP contribution in [-0.4, -0.2) is 24.1 Å². The van der Waals surface area contributed by atoms with Gasteiger partial charge in [-0.15, -0.1) is 0 Å². The van der Waals surface area contributed by atoms with Crippen LogP contribution in [0.5, 0.6) is 0 Å². The van der Waals surface area contributed by atoms with E-state index in [4.69, 9.17) is 9.31 Å². The van der Waals surface area contributed by atoms with E-state index in [0.717, 1.165) is 0 Å². The van der Waals surface area contributed by atoms with Crippen molar-refractivity contribution in [1.82, 2.24) is 0 Å². The van der Waals surface area contributed by atoms with Gasteiger partial charge in [0.15, 0.2) is 0 Å². The molecule has 0 atom stereocenters. The van der Waals surface area contributed by atoms with Gasteiger partial charge in [-0.3, -0.25) is 0 Å². The molecule has 0 radical (unpaired) electrons. The summed E-state index contributed by atoms with van der Waals surface area (Å²) in [4.78, 5) is 0. The summed E-state index contributed by atoms with van der Waals surface area (Å²) in [5.74, 6) is 2.62. The van der Waals surface area contributed by atoms with Crippen LogP contribution in [0.4, 0.5) is 0 Å². The normalized spacial score (nSPS) is 25.8. The number of thiol groups is 1. The lowest BCUT2D eigenvalue weighted by atomic mass is 9.90. The van der Waals surface area contributed by atoms with E-state index >= 15 is 0 Å². The Bertz CT molecular complexity index is 198. The molecule has 0 aromatic rings. The smallest absolute Gasteiger partial charge is 0.400 e. The van der Waals surface area contributed by atoms with Crippen LogP contribution in [0.2, 0.25) is 0 Å². The minimum Gasteiger partial charge on any atom is -0.400 e. The Balaban J connectivity index is 2.65. The molecule has 1 rings (SSSR count). The summed E-state index contributed by atoms with van der Waals surface area (Å²) in [7, 11) is -0.225. The van der Waals surface area contributed by atoms with E-state index in [1.165, 1.54) is 0 Å². The average Bonchev–Trinajstić information content (AvgIpc) is 2.17. The fraction of sp³-hybridized carbons (Fsp3) is 0.778. The third-order valence-corrected chi connectivity index (χ3v) is 2.88. The highest BCUT2D eigenvalue weighted by molar-refractivity contribution is 7.80. The summed E-state index contributed by atoms with van der Waals surface area (Å²) in [6.07, 6.45) is 1.94. The second kappa shape index (κ2) is 3.68. The van der Waals surface area contributed by atoms with Gasteiger partial charge in [0.1, 0.15) is 0 Å². The molecule has 13 heavy (non-hydrogen) atoms.